The van der Waals surface area contributed by atoms with Gasteiger partial charge in [0.15, 0.2) is 9.84 Å². The molecular formula is C36H47N3O9S2. The number of aliphatic hydroxyl groups is 1. The monoisotopic (exact) mass is 729 g/mol. The van der Waals surface area contributed by atoms with Crippen LogP contribution in [0.25, 0.3) is 0 Å². The molecule has 0 aliphatic carbocycles. The lowest BCUT2D eigenvalue weighted by molar-refractivity contribution is 0.0500. The van der Waals surface area contributed by atoms with E-state index < -0.39 is 55.6 Å². The summed E-state index contributed by atoms with van der Waals surface area (Å²) >= 11 is 0. The van der Waals surface area contributed by atoms with Crippen molar-refractivity contribution >= 4 is 31.9 Å². The number of alkyl carbamates (subject to hydrolysis) is 1. The largest absolute Gasteiger partial charge is 0.497 e. The summed E-state index contributed by atoms with van der Waals surface area (Å²) in [7, 11) is -6.23. The Morgan fingerprint density at radius 1 is 1.00 bits per heavy atom. The molecule has 2 amide bonds. The topological polar surface area (TPSA) is 168 Å². The summed E-state index contributed by atoms with van der Waals surface area (Å²) in [4.78, 5) is 26.5. The second-order valence-electron chi connectivity index (χ2n) is 13.8. The fourth-order valence-electron chi connectivity index (χ4n) is 5.70. The Labute approximate surface area is 295 Å². The highest BCUT2D eigenvalue weighted by Crippen LogP contribution is 2.33. The number of nitrogens with zero attached hydrogens (tertiary/aromatic N) is 1. The number of aliphatic hydroxyl groups excluding tert-OH is 1. The molecule has 0 aromatic heterocycles. The molecule has 1 aliphatic heterocycles. The van der Waals surface area contributed by atoms with Crippen molar-refractivity contribution in [3.63, 3.8) is 0 Å². The van der Waals surface area contributed by atoms with Gasteiger partial charge in [0.25, 0.3) is 5.91 Å². The summed E-state index contributed by atoms with van der Waals surface area (Å²) in [5.41, 5.74) is 0.377. The molecule has 0 saturated heterocycles. The predicted molar refractivity (Wildman–Crippen MR) is 189 cm³/mol. The molecular weight excluding hydrogens is 683 g/mol. The van der Waals surface area contributed by atoms with Gasteiger partial charge in [-0.1, -0.05) is 44.2 Å². The molecule has 0 fully saturated rings. The molecule has 1 heterocycles. The summed E-state index contributed by atoms with van der Waals surface area (Å²) < 4.78 is 65.2. The van der Waals surface area contributed by atoms with Crippen LogP contribution in [0.5, 0.6) is 5.75 Å². The van der Waals surface area contributed by atoms with E-state index >= 15 is 0 Å². The molecule has 0 radical (unpaired) electrons. The third-order valence-electron chi connectivity index (χ3n) is 8.08. The Bertz CT molecular complexity index is 1860. The fourth-order valence-corrected chi connectivity index (χ4v) is 8.92. The van der Waals surface area contributed by atoms with Crippen molar-refractivity contribution in [2.45, 2.75) is 81.0 Å². The molecule has 1 aliphatic rings. The first kappa shape index (κ1) is 38.8. The van der Waals surface area contributed by atoms with Gasteiger partial charge in [0.2, 0.25) is 10.0 Å². The fraction of sp³-hybridized carbons (Fsp3) is 0.444. The van der Waals surface area contributed by atoms with Crippen LogP contribution in [-0.2, 0) is 31.0 Å². The van der Waals surface area contributed by atoms with Gasteiger partial charge in [0.1, 0.15) is 11.4 Å². The van der Waals surface area contributed by atoms with Gasteiger partial charge in [-0.2, -0.15) is 4.31 Å². The molecule has 272 valence electrons. The highest BCUT2D eigenvalue weighted by molar-refractivity contribution is 7.91. The van der Waals surface area contributed by atoms with Crippen LogP contribution >= 0.6 is 0 Å². The molecule has 3 atom stereocenters. The zero-order valence-electron chi connectivity index (χ0n) is 29.3. The van der Waals surface area contributed by atoms with E-state index in [0.717, 1.165) is 5.56 Å². The van der Waals surface area contributed by atoms with Crippen molar-refractivity contribution in [3.8, 4) is 5.75 Å². The van der Waals surface area contributed by atoms with Gasteiger partial charge in [0, 0.05) is 18.7 Å². The average Bonchev–Trinajstić information content (AvgIpc) is 3.04. The number of sulfonamides is 1. The standard InChI is InChI=1S/C36H47N3O9S2/c1-24(2)22-39(50(45,46)28-15-13-27(47-6)14-16-28)23-32(40)31(20-25-10-8-7-9-11-25)37-34(41)26-12-17-33-29(21-26)30(18-19-49(33,43)44)38-35(42)48-36(3,4)5/h7-17,21,24,30-32,40H,18-20,22-23H2,1-6H3,(H,37,41)(H,38,42)/t30-,31-,32+/m0/s1. The highest BCUT2D eigenvalue weighted by atomic mass is 32.2. The molecule has 3 aromatic rings. The van der Waals surface area contributed by atoms with Crippen LogP contribution in [0.4, 0.5) is 4.79 Å². The number of sulfone groups is 1. The first-order valence-corrected chi connectivity index (χ1v) is 19.5. The number of hydrogen-bond donors (Lipinski definition) is 3. The van der Waals surface area contributed by atoms with E-state index in [4.69, 9.17) is 9.47 Å². The second-order valence-corrected chi connectivity index (χ2v) is 17.8. The van der Waals surface area contributed by atoms with Gasteiger partial charge in [-0.3, -0.25) is 4.79 Å². The quantitative estimate of drug-likeness (QED) is 0.230. The Morgan fingerprint density at radius 3 is 2.26 bits per heavy atom. The zero-order chi connectivity index (χ0) is 36.9. The maximum absolute atomic E-state index is 13.8. The lowest BCUT2D eigenvalue weighted by Gasteiger charge is -2.31. The number of rotatable bonds is 13. The van der Waals surface area contributed by atoms with E-state index in [-0.39, 0.29) is 58.5 Å². The van der Waals surface area contributed by atoms with E-state index in [1.807, 2.05) is 44.2 Å². The van der Waals surface area contributed by atoms with Gasteiger partial charge in [-0.15, -0.1) is 0 Å². The van der Waals surface area contributed by atoms with E-state index in [1.165, 1.54) is 41.7 Å². The minimum Gasteiger partial charge on any atom is -0.497 e. The van der Waals surface area contributed by atoms with Gasteiger partial charge in [0.05, 0.1) is 40.8 Å². The smallest absolute Gasteiger partial charge is 0.408 e. The van der Waals surface area contributed by atoms with Gasteiger partial charge in [-0.25, -0.2) is 21.6 Å². The SMILES string of the molecule is COc1ccc(S(=O)(=O)N(CC(C)C)C[C@@H](O)[C@H](Cc2ccccc2)NC(=O)c2ccc3c(c2)[C@@H](NC(=O)OC(C)(C)C)CCS3(=O)=O)cc1. The third kappa shape index (κ3) is 10.1. The first-order chi connectivity index (χ1) is 23.4. The van der Waals surface area contributed by atoms with E-state index in [0.29, 0.717) is 5.75 Å². The molecule has 0 spiro atoms. The van der Waals surface area contributed by atoms with Crippen LogP contribution in [0.3, 0.4) is 0 Å². The molecule has 12 nitrogen and oxygen atoms in total. The van der Waals surface area contributed by atoms with Crippen LogP contribution in [0.1, 0.15) is 68.6 Å². The highest BCUT2D eigenvalue weighted by Gasteiger charge is 2.35. The summed E-state index contributed by atoms with van der Waals surface area (Å²) in [6, 6.07) is 17.6. The summed E-state index contributed by atoms with van der Waals surface area (Å²) in [6.07, 6.45) is -1.80. The molecule has 3 N–H and O–H groups in total. The van der Waals surface area contributed by atoms with Gasteiger partial charge in [-0.05, 0) is 93.1 Å². The molecule has 0 unspecified atom stereocenters. The number of amides is 2. The van der Waals surface area contributed by atoms with Crippen molar-refractivity contribution in [1.82, 2.24) is 14.9 Å². The minimum atomic E-state index is -4.05. The van der Waals surface area contributed by atoms with E-state index in [1.54, 1.807) is 32.9 Å². The van der Waals surface area contributed by atoms with E-state index in [9.17, 15) is 31.5 Å². The van der Waals surface area contributed by atoms with Gasteiger partial charge >= 0.3 is 6.09 Å². The van der Waals surface area contributed by atoms with Crippen LogP contribution in [0.15, 0.2) is 82.6 Å². The number of carbonyl (C=O) groups is 2. The number of nitrogens with one attached hydrogen (secondary N) is 2. The number of benzene rings is 3. The van der Waals surface area contributed by atoms with Crippen LogP contribution in [0, 0.1) is 5.92 Å². The Kier molecular flexibility index (Phi) is 12.4. The number of ether oxygens (including phenoxy) is 2. The normalized spacial score (nSPS) is 17.0. The molecule has 4 rings (SSSR count). The maximum atomic E-state index is 13.8. The third-order valence-corrected chi connectivity index (χ3v) is 11.7. The van der Waals surface area contributed by atoms with Crippen molar-refractivity contribution in [2.75, 3.05) is 26.0 Å². The Morgan fingerprint density at radius 2 is 1.66 bits per heavy atom. The lowest BCUT2D eigenvalue weighted by atomic mass is 9.98. The zero-order valence-corrected chi connectivity index (χ0v) is 30.9. The molecule has 50 heavy (non-hydrogen) atoms. The van der Waals surface area contributed by atoms with Crippen LogP contribution in [0.2, 0.25) is 0 Å². The molecule has 0 bridgehead atoms. The second kappa shape index (κ2) is 15.9. The molecule has 0 saturated carbocycles. The summed E-state index contributed by atoms with van der Waals surface area (Å²) in [5, 5.41) is 17.3. The first-order valence-electron chi connectivity index (χ1n) is 16.4. The van der Waals surface area contributed by atoms with Crippen LogP contribution in [-0.4, -0.2) is 81.9 Å². The Balaban J connectivity index is 1.64. The number of fused-ring (bicyclic) bond motifs is 1. The lowest BCUT2D eigenvalue weighted by Crippen LogP contribution is -2.51. The van der Waals surface area contributed by atoms with Crippen molar-refractivity contribution < 1.29 is 41.0 Å². The molecule has 14 heteroatoms. The summed E-state index contributed by atoms with van der Waals surface area (Å²) in [6.45, 7) is 8.68. The van der Waals surface area contributed by atoms with Crippen LogP contribution < -0.4 is 15.4 Å². The minimum absolute atomic E-state index is 0.00953. The Hall–Kier alpha value is -3.98. The van der Waals surface area contributed by atoms with Crippen molar-refractivity contribution in [2.24, 2.45) is 5.92 Å². The predicted octanol–water partition coefficient (Wildman–Crippen LogP) is 4.49. The van der Waals surface area contributed by atoms with Gasteiger partial charge < -0.3 is 25.2 Å². The van der Waals surface area contributed by atoms with Crippen molar-refractivity contribution in [3.05, 3.63) is 89.5 Å². The number of carbonyl (C=O) groups excluding carboxylic acids is 2. The average molecular weight is 730 g/mol. The summed E-state index contributed by atoms with van der Waals surface area (Å²) in [5.74, 6) is -0.382. The molecule has 3 aromatic carbocycles. The van der Waals surface area contributed by atoms with E-state index in [2.05, 4.69) is 10.6 Å². The number of methoxy groups -OCH3 is 1. The van der Waals surface area contributed by atoms with Crippen molar-refractivity contribution in [1.29, 1.82) is 0 Å². The maximum Gasteiger partial charge on any atom is 0.408 e. The number of hydrogen-bond acceptors (Lipinski definition) is 9.